The number of hydrogen-bond acceptors (Lipinski definition) is 3. The van der Waals surface area contributed by atoms with Crippen molar-refractivity contribution in [3.63, 3.8) is 0 Å². The maximum Gasteiger partial charge on any atom is 0.342 e. The van der Waals surface area contributed by atoms with Crippen LogP contribution >= 0.6 is 0 Å². The van der Waals surface area contributed by atoms with Crippen LogP contribution in [0.25, 0.3) is 0 Å². The van der Waals surface area contributed by atoms with Gasteiger partial charge in [0, 0.05) is 6.07 Å². The Hall–Kier alpha value is -1.91. The van der Waals surface area contributed by atoms with E-state index in [4.69, 9.17) is 5.11 Å². The zero-order chi connectivity index (χ0) is 12.4. The van der Waals surface area contributed by atoms with Crippen LogP contribution in [0.1, 0.15) is 40.7 Å². The van der Waals surface area contributed by atoms with Gasteiger partial charge in [-0.1, -0.05) is 6.42 Å². The van der Waals surface area contributed by atoms with Gasteiger partial charge < -0.3 is 5.11 Å². The first-order valence-electron chi connectivity index (χ1n) is 5.63. The summed E-state index contributed by atoms with van der Waals surface area (Å²) in [6, 6.07) is 2.91. The molecule has 0 saturated heterocycles. The fourth-order valence-electron chi connectivity index (χ4n) is 2.27. The summed E-state index contributed by atoms with van der Waals surface area (Å²) in [4.78, 5) is 21.2. The second-order valence-electron chi connectivity index (χ2n) is 4.26. The highest BCUT2D eigenvalue weighted by Gasteiger charge is 2.23. The summed E-state index contributed by atoms with van der Waals surface area (Å²) in [6.07, 6.45) is 4.73. The fourth-order valence-corrected chi connectivity index (χ4v) is 2.27. The minimum absolute atomic E-state index is 0.198. The Labute approximate surface area is 98.2 Å². The SMILES string of the molecule is O=C(O)c1cc2c(cc1[N+](=O)[O-])CCCCC2. The first-order valence-corrected chi connectivity index (χ1v) is 5.63. The van der Waals surface area contributed by atoms with Crippen molar-refractivity contribution in [2.24, 2.45) is 0 Å². The average Bonchev–Trinajstić information content (AvgIpc) is 2.51. The highest BCUT2D eigenvalue weighted by atomic mass is 16.6. The maximum atomic E-state index is 11.0. The third kappa shape index (κ3) is 2.27. The quantitative estimate of drug-likeness (QED) is 0.485. The summed E-state index contributed by atoms with van der Waals surface area (Å²) in [7, 11) is 0. The molecule has 0 unspecified atom stereocenters. The van der Waals surface area contributed by atoms with Crippen LogP contribution in [0.4, 0.5) is 5.69 Å². The van der Waals surface area contributed by atoms with Gasteiger partial charge in [0.1, 0.15) is 5.56 Å². The van der Waals surface area contributed by atoms with Gasteiger partial charge in [0.25, 0.3) is 5.69 Å². The number of carboxylic acid groups (broad SMARTS) is 1. The number of benzene rings is 1. The molecule has 5 heteroatoms. The molecule has 0 amide bonds. The number of nitrogens with zero attached hydrogens (tertiary/aromatic N) is 1. The second-order valence-corrected chi connectivity index (χ2v) is 4.26. The van der Waals surface area contributed by atoms with Gasteiger partial charge in [0.2, 0.25) is 0 Å². The van der Waals surface area contributed by atoms with Gasteiger partial charge >= 0.3 is 5.97 Å². The minimum Gasteiger partial charge on any atom is -0.477 e. The molecule has 17 heavy (non-hydrogen) atoms. The Morgan fingerprint density at radius 1 is 1.18 bits per heavy atom. The molecule has 0 spiro atoms. The van der Waals surface area contributed by atoms with Crippen molar-refractivity contribution < 1.29 is 14.8 Å². The number of carboxylic acids is 1. The number of carbonyl (C=O) groups is 1. The maximum absolute atomic E-state index is 11.0. The van der Waals surface area contributed by atoms with E-state index in [0.717, 1.165) is 43.2 Å². The van der Waals surface area contributed by atoms with Crippen molar-refractivity contribution in [3.8, 4) is 0 Å². The van der Waals surface area contributed by atoms with E-state index in [-0.39, 0.29) is 11.3 Å². The summed E-state index contributed by atoms with van der Waals surface area (Å²) in [5, 5.41) is 19.8. The molecule has 0 fully saturated rings. The predicted molar refractivity (Wildman–Crippen MR) is 61.3 cm³/mol. The Kier molecular flexibility index (Phi) is 3.08. The van der Waals surface area contributed by atoms with E-state index in [1.165, 1.54) is 12.1 Å². The molecule has 1 aromatic rings. The van der Waals surface area contributed by atoms with Crippen LogP contribution in [-0.4, -0.2) is 16.0 Å². The lowest BCUT2D eigenvalue weighted by Crippen LogP contribution is -2.05. The van der Waals surface area contributed by atoms with Gasteiger partial charge in [0.15, 0.2) is 0 Å². The van der Waals surface area contributed by atoms with E-state index in [9.17, 15) is 14.9 Å². The molecule has 2 rings (SSSR count). The molecule has 1 N–H and O–H groups in total. The summed E-state index contributed by atoms with van der Waals surface area (Å²) >= 11 is 0. The molecule has 1 aliphatic carbocycles. The lowest BCUT2D eigenvalue weighted by atomic mass is 9.98. The summed E-state index contributed by atoms with van der Waals surface area (Å²) < 4.78 is 0. The number of fused-ring (bicyclic) bond motifs is 1. The van der Waals surface area contributed by atoms with Crippen molar-refractivity contribution in [2.75, 3.05) is 0 Å². The van der Waals surface area contributed by atoms with Crippen molar-refractivity contribution in [1.82, 2.24) is 0 Å². The van der Waals surface area contributed by atoms with Crippen molar-refractivity contribution in [1.29, 1.82) is 0 Å². The molecule has 0 radical (unpaired) electrons. The molecular weight excluding hydrogens is 222 g/mol. The molecular formula is C12H13NO4. The highest BCUT2D eigenvalue weighted by molar-refractivity contribution is 5.92. The number of aromatic carboxylic acids is 1. The van der Waals surface area contributed by atoms with Crippen molar-refractivity contribution in [3.05, 3.63) is 38.9 Å². The third-order valence-corrected chi connectivity index (χ3v) is 3.14. The zero-order valence-corrected chi connectivity index (χ0v) is 9.31. The van der Waals surface area contributed by atoms with Crippen LogP contribution in [0.5, 0.6) is 0 Å². The van der Waals surface area contributed by atoms with Crippen molar-refractivity contribution >= 4 is 11.7 Å². The van der Waals surface area contributed by atoms with Crippen molar-refractivity contribution in [2.45, 2.75) is 32.1 Å². The molecule has 0 aromatic heterocycles. The Morgan fingerprint density at radius 3 is 2.29 bits per heavy atom. The van der Waals surface area contributed by atoms with Gasteiger partial charge in [-0.15, -0.1) is 0 Å². The Balaban J connectivity index is 2.56. The molecule has 0 atom stereocenters. The van der Waals surface area contributed by atoms with E-state index >= 15 is 0 Å². The molecule has 0 heterocycles. The molecule has 90 valence electrons. The number of rotatable bonds is 2. The number of nitro groups is 1. The van der Waals surface area contributed by atoms with E-state index in [1.807, 2.05) is 0 Å². The minimum atomic E-state index is -1.23. The first kappa shape index (κ1) is 11.6. The summed E-state index contributed by atoms with van der Waals surface area (Å²) in [6.45, 7) is 0. The van der Waals surface area contributed by atoms with Crippen LogP contribution < -0.4 is 0 Å². The zero-order valence-electron chi connectivity index (χ0n) is 9.31. The molecule has 0 bridgehead atoms. The number of nitro benzene ring substituents is 1. The lowest BCUT2D eigenvalue weighted by Gasteiger charge is -2.07. The summed E-state index contributed by atoms with van der Waals surface area (Å²) in [5.74, 6) is -1.23. The highest BCUT2D eigenvalue weighted by Crippen LogP contribution is 2.28. The smallest absolute Gasteiger partial charge is 0.342 e. The van der Waals surface area contributed by atoms with Gasteiger partial charge in [-0.2, -0.15) is 0 Å². The van der Waals surface area contributed by atoms with Gasteiger partial charge in [-0.3, -0.25) is 10.1 Å². The topological polar surface area (TPSA) is 80.4 Å². The van der Waals surface area contributed by atoms with Crippen LogP contribution in [-0.2, 0) is 12.8 Å². The van der Waals surface area contributed by atoms with Crippen LogP contribution in [0.15, 0.2) is 12.1 Å². The molecule has 1 aromatic carbocycles. The van der Waals surface area contributed by atoms with Crippen LogP contribution in [0.2, 0.25) is 0 Å². The first-order chi connectivity index (χ1) is 8.09. The van der Waals surface area contributed by atoms with Gasteiger partial charge in [-0.25, -0.2) is 4.79 Å². The third-order valence-electron chi connectivity index (χ3n) is 3.14. The second kappa shape index (κ2) is 4.53. The number of aryl methyl sites for hydroxylation is 2. The molecule has 1 aliphatic rings. The average molecular weight is 235 g/mol. The standard InChI is InChI=1S/C12H13NO4/c14-12(15)10-6-8-4-2-1-3-5-9(8)7-11(10)13(16)17/h6-7H,1-5H2,(H,14,15). The van der Waals surface area contributed by atoms with Gasteiger partial charge in [-0.05, 0) is 42.9 Å². The Morgan fingerprint density at radius 2 is 1.76 bits per heavy atom. The normalized spacial score (nSPS) is 14.8. The van der Waals surface area contributed by atoms with E-state index in [2.05, 4.69) is 0 Å². The van der Waals surface area contributed by atoms with E-state index in [0.29, 0.717) is 0 Å². The Bertz CT molecular complexity index is 439. The van der Waals surface area contributed by atoms with Gasteiger partial charge in [0.05, 0.1) is 4.92 Å². The fraction of sp³-hybridized carbons (Fsp3) is 0.417. The molecule has 0 aliphatic heterocycles. The monoisotopic (exact) mass is 235 g/mol. The molecule has 5 nitrogen and oxygen atoms in total. The largest absolute Gasteiger partial charge is 0.477 e. The van der Waals surface area contributed by atoms with E-state index in [1.54, 1.807) is 0 Å². The number of hydrogen-bond donors (Lipinski definition) is 1. The van der Waals surface area contributed by atoms with E-state index < -0.39 is 10.9 Å². The predicted octanol–water partition coefficient (Wildman–Crippen LogP) is 2.56. The summed E-state index contributed by atoms with van der Waals surface area (Å²) in [5.41, 5.74) is 1.39. The lowest BCUT2D eigenvalue weighted by molar-refractivity contribution is -0.385. The molecule has 0 saturated carbocycles. The van der Waals surface area contributed by atoms with Crippen LogP contribution in [0, 0.1) is 10.1 Å². The van der Waals surface area contributed by atoms with Crippen LogP contribution in [0.3, 0.4) is 0 Å².